The number of ether oxygens (including phenoxy) is 3. The molecule has 5 rings (SSSR count). The fourth-order valence-electron chi connectivity index (χ4n) is 6.85. The van der Waals surface area contributed by atoms with Crippen LogP contribution in [0.25, 0.3) is 0 Å². The van der Waals surface area contributed by atoms with Crippen LogP contribution in [-0.2, 0) is 21.5 Å². The summed E-state index contributed by atoms with van der Waals surface area (Å²) in [6, 6.07) is 27.1. The Kier molecular flexibility index (Phi) is 14.2. The van der Waals surface area contributed by atoms with E-state index in [-0.39, 0.29) is 35.3 Å². The molecule has 0 saturated carbocycles. The predicted octanol–water partition coefficient (Wildman–Crippen LogP) is 11.8. The van der Waals surface area contributed by atoms with Gasteiger partial charge in [0.2, 0.25) is 5.91 Å². The molecule has 4 aromatic rings. The topological polar surface area (TPSA) is 68.2 Å². The number of amides is 1. The van der Waals surface area contributed by atoms with Gasteiger partial charge < -0.3 is 23.9 Å². The van der Waals surface area contributed by atoms with Crippen LogP contribution in [0.2, 0.25) is 43.8 Å². The monoisotopic (exact) mass is 851 g/mol. The molecule has 1 fully saturated rings. The van der Waals surface area contributed by atoms with Crippen molar-refractivity contribution >= 4 is 43.9 Å². The van der Waals surface area contributed by atoms with Crippen LogP contribution in [0.15, 0.2) is 91.0 Å². The van der Waals surface area contributed by atoms with Crippen LogP contribution in [0.1, 0.15) is 67.3 Å². The summed E-state index contributed by atoms with van der Waals surface area (Å²) in [7, 11) is -3.89. The van der Waals surface area contributed by atoms with Crippen LogP contribution in [0.3, 0.4) is 0 Å². The van der Waals surface area contributed by atoms with Crippen LogP contribution in [0, 0.1) is 17.6 Å². The fourth-order valence-corrected chi connectivity index (χ4v) is 8.73. The van der Waals surface area contributed by atoms with Crippen LogP contribution >= 0.6 is 15.9 Å². The Labute approximate surface area is 336 Å². The van der Waals surface area contributed by atoms with Crippen molar-refractivity contribution in [3.8, 4) is 11.5 Å². The predicted molar refractivity (Wildman–Crippen MR) is 226 cm³/mol. The van der Waals surface area contributed by atoms with Crippen LogP contribution in [-0.4, -0.2) is 40.5 Å². The van der Waals surface area contributed by atoms with E-state index in [1.807, 2.05) is 55.6 Å². The van der Waals surface area contributed by atoms with Crippen molar-refractivity contribution in [3.63, 3.8) is 0 Å². The van der Waals surface area contributed by atoms with E-state index in [2.05, 4.69) is 61.6 Å². The minimum absolute atomic E-state index is 0.0160. The zero-order chi connectivity index (χ0) is 40.0. The number of rotatable bonds is 19. The second kappa shape index (κ2) is 18.3. The normalized spacial score (nSPS) is 16.9. The zero-order valence-electron chi connectivity index (χ0n) is 33.2. The van der Waals surface area contributed by atoms with Gasteiger partial charge in [-0.25, -0.2) is 8.78 Å². The summed E-state index contributed by atoms with van der Waals surface area (Å²) in [5.74, 6) is 0.000112. The Morgan fingerprint density at radius 3 is 2.07 bits per heavy atom. The molecule has 55 heavy (non-hydrogen) atoms. The molecule has 1 aliphatic rings. The minimum atomic E-state index is -2.58. The third kappa shape index (κ3) is 11.4. The second-order valence-corrected chi connectivity index (χ2v) is 27.8. The summed E-state index contributed by atoms with van der Waals surface area (Å²) in [6.07, 6.45) is 1.88. The fraction of sp³-hybridized carbons (Fsp3) is 0.432. The summed E-state index contributed by atoms with van der Waals surface area (Å²) >= 11 is 3.50. The van der Waals surface area contributed by atoms with Gasteiger partial charge in [-0.05, 0) is 115 Å². The summed E-state index contributed by atoms with van der Waals surface area (Å²) in [5.41, 5.74) is 4.60. The molecule has 1 amide bonds. The molecule has 11 heteroatoms. The number of carbonyl (C=O) groups is 1. The molecule has 0 aromatic heterocycles. The lowest BCUT2D eigenvalue weighted by Crippen LogP contribution is -2.55. The van der Waals surface area contributed by atoms with E-state index < -0.39 is 28.4 Å². The average Bonchev–Trinajstić information content (AvgIpc) is 3.13. The van der Waals surface area contributed by atoms with Gasteiger partial charge in [0.1, 0.15) is 29.7 Å². The second-order valence-electron chi connectivity index (χ2n) is 17.1. The first-order chi connectivity index (χ1) is 26.0. The highest BCUT2D eigenvalue weighted by Gasteiger charge is 2.50. The number of nitrogens with zero attached hydrogens (tertiary/aromatic N) is 1. The van der Waals surface area contributed by atoms with Crippen molar-refractivity contribution in [3.05, 3.63) is 125 Å². The summed E-state index contributed by atoms with van der Waals surface area (Å²) in [6.45, 7) is 16.0. The highest BCUT2D eigenvalue weighted by Crippen LogP contribution is 2.51. The molecule has 3 atom stereocenters. The smallest absolute Gasteiger partial charge is 0.233 e. The van der Waals surface area contributed by atoms with Crippen LogP contribution in [0.4, 0.5) is 14.5 Å². The number of benzene rings is 4. The van der Waals surface area contributed by atoms with Gasteiger partial charge in [-0.3, -0.25) is 4.79 Å². The van der Waals surface area contributed by atoms with E-state index >= 15 is 0 Å². The molecule has 6 nitrogen and oxygen atoms in total. The average molecular weight is 853 g/mol. The Hall–Kier alpha value is -3.36. The molecule has 0 spiro atoms. The van der Waals surface area contributed by atoms with Gasteiger partial charge in [-0.15, -0.1) is 0 Å². The molecule has 1 unspecified atom stereocenters. The lowest BCUT2D eigenvalue weighted by atomic mass is 9.75. The third-order valence-electron chi connectivity index (χ3n) is 11.1. The molecule has 4 aromatic carbocycles. The van der Waals surface area contributed by atoms with Crippen molar-refractivity contribution < 1.29 is 32.6 Å². The van der Waals surface area contributed by atoms with Gasteiger partial charge in [0.05, 0.1) is 12.0 Å². The zero-order valence-corrected chi connectivity index (χ0v) is 36.8. The van der Waals surface area contributed by atoms with E-state index in [1.165, 1.54) is 29.8 Å². The SMILES string of the molecule is CC(C)(C[C@@H](CCC1C(=O)N(c2ccc(F)cc2)[C@@H]1c1ccc(OCc2ccc(CBr)cc2)cc1OCOCC[Si](C)(C)C)c1ccc(F)cc1)[Si](C)(C)O. The molecule has 0 aliphatic carbocycles. The third-order valence-corrected chi connectivity index (χ3v) is 16.9. The highest BCUT2D eigenvalue weighted by molar-refractivity contribution is 9.08. The maximum Gasteiger partial charge on any atom is 0.233 e. The largest absolute Gasteiger partial charge is 0.489 e. The van der Waals surface area contributed by atoms with E-state index in [4.69, 9.17) is 14.2 Å². The van der Waals surface area contributed by atoms with Gasteiger partial charge in [0.25, 0.3) is 0 Å². The van der Waals surface area contributed by atoms with Crippen molar-refractivity contribution in [2.45, 2.75) is 101 Å². The van der Waals surface area contributed by atoms with Gasteiger partial charge in [-0.1, -0.05) is 85.8 Å². The number of alkyl halides is 1. The molecule has 0 bridgehead atoms. The van der Waals surface area contributed by atoms with Gasteiger partial charge in [0.15, 0.2) is 15.1 Å². The van der Waals surface area contributed by atoms with Crippen LogP contribution < -0.4 is 14.4 Å². The number of halogens is 3. The molecular formula is C44H56BrF2NO5Si2. The molecular weight excluding hydrogens is 797 g/mol. The van der Waals surface area contributed by atoms with E-state index in [0.717, 1.165) is 28.1 Å². The Morgan fingerprint density at radius 1 is 0.855 bits per heavy atom. The van der Waals surface area contributed by atoms with Crippen LogP contribution in [0.5, 0.6) is 11.5 Å². The minimum Gasteiger partial charge on any atom is -0.489 e. The number of hydrogen-bond acceptors (Lipinski definition) is 5. The van der Waals surface area contributed by atoms with E-state index in [1.54, 1.807) is 17.0 Å². The summed E-state index contributed by atoms with van der Waals surface area (Å²) in [4.78, 5) is 27.1. The van der Waals surface area contributed by atoms with Crippen molar-refractivity contribution in [2.24, 2.45) is 5.92 Å². The van der Waals surface area contributed by atoms with E-state index in [9.17, 15) is 18.4 Å². The van der Waals surface area contributed by atoms with Crippen molar-refractivity contribution in [2.75, 3.05) is 18.3 Å². The molecule has 1 N–H and O–H groups in total. The molecule has 1 saturated heterocycles. The quantitative estimate of drug-likeness (QED) is 0.0335. The van der Waals surface area contributed by atoms with Crippen molar-refractivity contribution in [1.82, 2.24) is 0 Å². The number of β-lactam (4-membered cyclic amide) rings is 1. The standard InChI is InChI=1S/C44H56BrF2NO5Si2/c1-44(2,55(6,7)50)27-34(33-12-15-35(46)16-13-33)14-22-40-42(48(43(40)49)37-19-17-36(47)18-20-37)39-23-21-38(52-29-32-10-8-31(28-45)9-11-32)26-41(39)53-30-51-24-25-54(3,4)5/h8-13,15-21,23,26,34,40,42,50H,14,22,24-25,27-30H2,1-7H3/t34-,40?,42-/m1/s1. The van der Waals surface area contributed by atoms with Crippen molar-refractivity contribution in [1.29, 1.82) is 0 Å². The van der Waals surface area contributed by atoms with Gasteiger partial charge in [-0.2, -0.15) is 0 Å². The molecule has 1 aliphatic heterocycles. The Balaban J connectivity index is 1.47. The van der Waals surface area contributed by atoms with Gasteiger partial charge in [0, 0.05) is 37.3 Å². The number of anilines is 1. The Morgan fingerprint density at radius 2 is 1.47 bits per heavy atom. The lowest BCUT2D eigenvalue weighted by molar-refractivity contribution is -0.130. The number of hydrogen-bond donors (Lipinski definition) is 1. The maximum atomic E-state index is 14.2. The lowest BCUT2D eigenvalue weighted by Gasteiger charge is -2.48. The number of carbonyl (C=O) groups excluding carboxylic acids is 1. The summed E-state index contributed by atoms with van der Waals surface area (Å²) in [5, 5.41) is 0.445. The molecule has 296 valence electrons. The van der Waals surface area contributed by atoms with Gasteiger partial charge >= 0.3 is 0 Å². The first-order valence-electron chi connectivity index (χ1n) is 19.1. The molecule has 1 heterocycles. The maximum absolute atomic E-state index is 14.2. The first kappa shape index (κ1) is 42.8. The summed E-state index contributed by atoms with van der Waals surface area (Å²) < 4.78 is 46.8. The highest BCUT2D eigenvalue weighted by atomic mass is 79.9. The van der Waals surface area contributed by atoms with E-state index in [0.29, 0.717) is 49.7 Å². The first-order valence-corrected chi connectivity index (χ1v) is 26.9. The Bertz CT molecular complexity index is 1860. The molecule has 0 radical (unpaired) electrons.